The monoisotopic (exact) mass is 499 g/mol. The fraction of sp³-hybridized carbons (Fsp3) is 0.500. The Labute approximate surface area is 209 Å². The highest BCUT2D eigenvalue weighted by Crippen LogP contribution is 2.52. The highest BCUT2D eigenvalue weighted by Gasteiger charge is 2.63. The molecule has 10 heteroatoms. The van der Waals surface area contributed by atoms with Crippen LogP contribution >= 0.6 is 0 Å². The maximum absolute atomic E-state index is 13.7. The van der Waals surface area contributed by atoms with E-state index in [1.807, 2.05) is 13.8 Å². The third kappa shape index (κ3) is 3.55. The average Bonchev–Trinajstić information content (AvgIpc) is 2.80. The van der Waals surface area contributed by atoms with Crippen LogP contribution in [0.1, 0.15) is 41.8 Å². The van der Waals surface area contributed by atoms with Crippen molar-refractivity contribution in [2.75, 3.05) is 27.2 Å². The number of carbonyl (C=O) groups is 3. The lowest BCUT2D eigenvalue weighted by Gasteiger charge is -2.50. The molecule has 1 amide bonds. The summed E-state index contributed by atoms with van der Waals surface area (Å²) in [6, 6.07) is 2.22. The van der Waals surface area contributed by atoms with Crippen molar-refractivity contribution in [2.24, 2.45) is 17.6 Å². The van der Waals surface area contributed by atoms with E-state index in [1.165, 1.54) is 11.0 Å². The van der Waals surface area contributed by atoms with Gasteiger partial charge in [-0.3, -0.25) is 24.2 Å². The number of primary amides is 1. The molecule has 36 heavy (non-hydrogen) atoms. The molecule has 0 fully saturated rings. The summed E-state index contributed by atoms with van der Waals surface area (Å²) in [6.45, 7) is 6.22. The zero-order chi connectivity index (χ0) is 26.7. The normalized spacial score (nSPS) is 27.9. The number of hydrogen-bond donors (Lipinski definition) is 5. The number of aliphatic hydroxyl groups is 3. The van der Waals surface area contributed by atoms with Crippen molar-refractivity contribution in [2.45, 2.75) is 44.9 Å². The molecular formula is C26H33N3O7. The van der Waals surface area contributed by atoms with Gasteiger partial charge in [0.2, 0.25) is 5.78 Å². The van der Waals surface area contributed by atoms with Crippen LogP contribution in [0, 0.1) is 11.8 Å². The third-order valence-corrected chi connectivity index (χ3v) is 7.99. The molecule has 4 rings (SSSR count). The van der Waals surface area contributed by atoms with E-state index in [1.54, 1.807) is 20.2 Å². The number of rotatable bonds is 6. The Hall–Kier alpha value is -3.21. The number of hydrogen-bond acceptors (Lipinski definition) is 9. The van der Waals surface area contributed by atoms with Crippen LogP contribution in [-0.2, 0) is 22.6 Å². The predicted octanol–water partition coefficient (Wildman–Crippen LogP) is 0.962. The second kappa shape index (κ2) is 9.02. The molecule has 0 heterocycles. The van der Waals surface area contributed by atoms with Crippen molar-refractivity contribution >= 4 is 17.5 Å². The highest BCUT2D eigenvalue weighted by molar-refractivity contribution is 6.24. The number of aromatic hydroxyl groups is 1. The fourth-order valence-corrected chi connectivity index (χ4v) is 6.15. The molecule has 1 aromatic carbocycles. The van der Waals surface area contributed by atoms with E-state index in [-0.39, 0.29) is 23.3 Å². The van der Waals surface area contributed by atoms with E-state index in [2.05, 4.69) is 4.90 Å². The van der Waals surface area contributed by atoms with Gasteiger partial charge in [0.25, 0.3) is 5.91 Å². The van der Waals surface area contributed by atoms with Crippen molar-refractivity contribution < 1.29 is 34.8 Å². The maximum atomic E-state index is 13.7. The second-order valence-electron chi connectivity index (χ2n) is 10.0. The molecule has 0 spiro atoms. The van der Waals surface area contributed by atoms with E-state index in [0.717, 1.165) is 18.7 Å². The first-order chi connectivity index (χ1) is 16.9. The summed E-state index contributed by atoms with van der Waals surface area (Å²) >= 11 is 0. The summed E-state index contributed by atoms with van der Waals surface area (Å²) in [5.41, 5.74) is 3.35. The first kappa shape index (κ1) is 25.9. The number of fused-ring (bicyclic) bond motifs is 3. The minimum Gasteiger partial charge on any atom is -0.510 e. The molecule has 0 bridgehead atoms. The van der Waals surface area contributed by atoms with E-state index < -0.39 is 58.0 Å². The van der Waals surface area contributed by atoms with Gasteiger partial charge in [0, 0.05) is 18.0 Å². The number of phenolic OH excluding ortho intramolecular Hbond substituents is 1. The minimum atomic E-state index is -2.63. The molecule has 1 aromatic rings. The van der Waals surface area contributed by atoms with Crippen molar-refractivity contribution in [3.63, 3.8) is 0 Å². The number of aliphatic hydroxyl groups excluding tert-OH is 2. The van der Waals surface area contributed by atoms with Crippen molar-refractivity contribution in [1.29, 1.82) is 0 Å². The molecule has 0 saturated carbocycles. The van der Waals surface area contributed by atoms with Gasteiger partial charge >= 0.3 is 0 Å². The van der Waals surface area contributed by atoms with Crippen molar-refractivity contribution in [3.05, 3.63) is 51.5 Å². The first-order valence-electron chi connectivity index (χ1n) is 12.1. The fourth-order valence-electron chi connectivity index (χ4n) is 6.15. The van der Waals surface area contributed by atoms with Crippen LogP contribution in [0.3, 0.4) is 0 Å². The van der Waals surface area contributed by atoms with Crippen molar-refractivity contribution in [3.8, 4) is 5.75 Å². The lowest BCUT2D eigenvalue weighted by Crippen LogP contribution is -2.63. The van der Waals surface area contributed by atoms with Crippen LogP contribution in [-0.4, -0.2) is 86.5 Å². The Morgan fingerprint density at radius 3 is 2.33 bits per heavy atom. The zero-order valence-corrected chi connectivity index (χ0v) is 20.9. The molecule has 0 aliphatic heterocycles. The Kier molecular flexibility index (Phi) is 6.48. The average molecular weight is 500 g/mol. The zero-order valence-electron chi connectivity index (χ0n) is 20.9. The number of carbonyl (C=O) groups excluding carboxylic acids is 3. The number of benzene rings is 1. The smallest absolute Gasteiger partial charge is 0.255 e. The standard InChI is InChI=1S/C26H33N3O7/c1-5-29(6-2)11-12-7-8-16(30)18-14(12)9-13-10-15-20(28(3)4)22(32)19(25(27)35)24(34)26(15,36)23(33)17(13)21(18)31/h7-8,13,15,20,30,32-33,36H,5-6,9-11H2,1-4H3,(H2,27,35). The van der Waals surface area contributed by atoms with Gasteiger partial charge in [-0.05, 0) is 63.1 Å². The number of Topliss-reactive ketones (excluding diaryl/α,β-unsaturated/α-hetero) is 2. The number of phenols is 1. The number of amides is 1. The number of likely N-dealkylation sites (N-methyl/N-ethyl adjacent to an activating group) is 1. The first-order valence-corrected chi connectivity index (χ1v) is 12.1. The van der Waals surface area contributed by atoms with Gasteiger partial charge in [-0.15, -0.1) is 0 Å². The molecule has 0 saturated heterocycles. The molecule has 10 nitrogen and oxygen atoms in total. The summed E-state index contributed by atoms with van der Waals surface area (Å²) in [5, 5.41) is 44.4. The summed E-state index contributed by atoms with van der Waals surface area (Å²) in [4.78, 5) is 42.8. The van der Waals surface area contributed by atoms with Gasteiger partial charge in [-0.2, -0.15) is 0 Å². The van der Waals surface area contributed by atoms with E-state index in [4.69, 9.17) is 5.73 Å². The highest BCUT2D eigenvalue weighted by atomic mass is 16.3. The largest absolute Gasteiger partial charge is 0.510 e. The molecule has 4 atom stereocenters. The van der Waals surface area contributed by atoms with Crippen LogP contribution < -0.4 is 5.73 Å². The van der Waals surface area contributed by atoms with Gasteiger partial charge in [0.15, 0.2) is 11.4 Å². The van der Waals surface area contributed by atoms with E-state index >= 15 is 0 Å². The third-order valence-electron chi connectivity index (χ3n) is 7.99. The van der Waals surface area contributed by atoms with E-state index in [0.29, 0.717) is 18.5 Å². The van der Waals surface area contributed by atoms with Gasteiger partial charge in [0.1, 0.15) is 22.8 Å². The molecule has 0 radical (unpaired) electrons. The molecule has 0 aromatic heterocycles. The Morgan fingerprint density at radius 2 is 1.78 bits per heavy atom. The van der Waals surface area contributed by atoms with Gasteiger partial charge in [0.05, 0.1) is 11.6 Å². The molecule has 6 N–H and O–H groups in total. The summed E-state index contributed by atoms with van der Waals surface area (Å²) in [7, 11) is 3.21. The van der Waals surface area contributed by atoms with Crippen LogP contribution in [0.25, 0.3) is 0 Å². The molecule has 4 unspecified atom stereocenters. The predicted molar refractivity (Wildman–Crippen MR) is 130 cm³/mol. The molecule has 3 aliphatic rings. The van der Waals surface area contributed by atoms with Crippen LogP contribution in [0.15, 0.2) is 34.8 Å². The van der Waals surface area contributed by atoms with Crippen LogP contribution in [0.5, 0.6) is 5.75 Å². The summed E-state index contributed by atoms with van der Waals surface area (Å²) in [5.74, 6) is -6.43. The van der Waals surface area contributed by atoms with Gasteiger partial charge in [-0.1, -0.05) is 19.9 Å². The lowest BCUT2D eigenvalue weighted by atomic mass is 9.58. The summed E-state index contributed by atoms with van der Waals surface area (Å²) < 4.78 is 0. The Bertz CT molecular complexity index is 1210. The quantitative estimate of drug-likeness (QED) is 0.359. The topological polar surface area (TPSA) is 165 Å². The van der Waals surface area contributed by atoms with Gasteiger partial charge < -0.3 is 26.2 Å². The lowest BCUT2D eigenvalue weighted by molar-refractivity contribution is -0.148. The number of ketones is 2. The Morgan fingerprint density at radius 1 is 1.14 bits per heavy atom. The van der Waals surface area contributed by atoms with E-state index in [9.17, 15) is 34.8 Å². The maximum Gasteiger partial charge on any atom is 0.255 e. The number of nitrogens with zero attached hydrogens (tertiary/aromatic N) is 2. The number of nitrogens with two attached hydrogens (primary N) is 1. The second-order valence-corrected chi connectivity index (χ2v) is 10.0. The van der Waals surface area contributed by atoms with Crippen LogP contribution in [0.4, 0.5) is 0 Å². The van der Waals surface area contributed by atoms with Crippen LogP contribution in [0.2, 0.25) is 0 Å². The number of allylic oxidation sites excluding steroid dienone is 1. The molecule has 194 valence electrons. The van der Waals surface area contributed by atoms with Gasteiger partial charge in [-0.25, -0.2) is 0 Å². The van der Waals surface area contributed by atoms with Crippen molar-refractivity contribution in [1.82, 2.24) is 9.80 Å². The minimum absolute atomic E-state index is 0.0421. The Balaban J connectivity index is 1.91. The molecular weight excluding hydrogens is 466 g/mol. The molecule has 3 aliphatic carbocycles. The summed E-state index contributed by atoms with van der Waals surface area (Å²) in [6.07, 6.45) is 0.367. The SMILES string of the molecule is CCN(CC)Cc1ccc(O)c2c1CC1CC3C(N(C)C)C(O)=C(C(N)=O)C(=O)C3(O)C(O)=C1C2=O.